The zero-order valence-electron chi connectivity index (χ0n) is 10.4. The molecule has 108 valence electrons. The number of hydrogen-bond acceptors (Lipinski definition) is 4. The van der Waals surface area contributed by atoms with Gasteiger partial charge in [0.2, 0.25) is 0 Å². The van der Waals surface area contributed by atoms with Gasteiger partial charge in [-0.25, -0.2) is 0 Å². The second-order valence-electron chi connectivity index (χ2n) is 3.98. The van der Waals surface area contributed by atoms with Crippen LogP contribution in [0.2, 0.25) is 10.0 Å². The number of anilines is 1. The fourth-order valence-electron chi connectivity index (χ4n) is 1.62. The Morgan fingerprint density at radius 1 is 1.35 bits per heavy atom. The lowest BCUT2D eigenvalue weighted by atomic mass is 10.3. The second kappa shape index (κ2) is 6.01. The summed E-state index contributed by atoms with van der Waals surface area (Å²) in [5, 5.41) is 9.73. The molecular formula is C11H12Cl2N4O2S. The van der Waals surface area contributed by atoms with Crippen molar-refractivity contribution >= 4 is 38.9 Å². The Balaban J connectivity index is 2.33. The molecule has 0 unspecified atom stereocenters. The standard InChI is InChI=1S/C11H12Cl2N4O2S/c1-14-5-7-6-15-16-11(7)20(18,19)17-10-3-2-8(12)4-9(10)13/h2-4,6,14,17H,5H2,1H3,(H,15,16). The summed E-state index contributed by atoms with van der Waals surface area (Å²) in [5.41, 5.74) is 0.783. The maximum absolute atomic E-state index is 12.3. The predicted molar refractivity (Wildman–Crippen MR) is 78.6 cm³/mol. The van der Waals surface area contributed by atoms with E-state index in [9.17, 15) is 8.42 Å². The van der Waals surface area contributed by atoms with Gasteiger partial charge in [-0.3, -0.25) is 9.82 Å². The van der Waals surface area contributed by atoms with Gasteiger partial charge >= 0.3 is 0 Å². The normalized spacial score (nSPS) is 11.6. The second-order valence-corrected chi connectivity index (χ2v) is 6.45. The first-order valence-electron chi connectivity index (χ1n) is 5.59. The van der Waals surface area contributed by atoms with Crippen LogP contribution < -0.4 is 10.0 Å². The molecule has 1 aromatic heterocycles. The van der Waals surface area contributed by atoms with Crippen molar-refractivity contribution in [2.24, 2.45) is 0 Å². The Bertz CT molecular complexity index is 715. The topological polar surface area (TPSA) is 86.9 Å². The van der Waals surface area contributed by atoms with E-state index in [4.69, 9.17) is 23.2 Å². The van der Waals surface area contributed by atoms with E-state index in [2.05, 4.69) is 20.2 Å². The third-order valence-electron chi connectivity index (χ3n) is 2.49. The molecule has 1 aromatic carbocycles. The lowest BCUT2D eigenvalue weighted by molar-refractivity contribution is 0.595. The van der Waals surface area contributed by atoms with E-state index >= 15 is 0 Å². The minimum absolute atomic E-state index is 0.00198. The third kappa shape index (κ3) is 3.24. The van der Waals surface area contributed by atoms with Crippen molar-refractivity contribution in [3.8, 4) is 0 Å². The number of H-pyrrole nitrogens is 1. The van der Waals surface area contributed by atoms with Gasteiger partial charge in [0.05, 0.1) is 16.9 Å². The molecular weight excluding hydrogens is 323 g/mol. The number of halogens is 2. The van der Waals surface area contributed by atoms with E-state index in [1.807, 2.05) is 0 Å². The van der Waals surface area contributed by atoms with Gasteiger partial charge < -0.3 is 5.32 Å². The van der Waals surface area contributed by atoms with E-state index in [-0.39, 0.29) is 15.7 Å². The molecule has 0 bridgehead atoms. The molecule has 0 radical (unpaired) electrons. The first kappa shape index (κ1) is 15.1. The fourth-order valence-corrected chi connectivity index (χ4v) is 3.34. The van der Waals surface area contributed by atoms with Gasteiger partial charge in [0, 0.05) is 17.1 Å². The van der Waals surface area contributed by atoms with Crippen molar-refractivity contribution in [1.29, 1.82) is 0 Å². The third-order valence-corrected chi connectivity index (χ3v) is 4.42. The van der Waals surface area contributed by atoms with E-state index in [1.54, 1.807) is 13.1 Å². The number of rotatable bonds is 5. The van der Waals surface area contributed by atoms with Crippen LogP contribution in [0.25, 0.3) is 0 Å². The van der Waals surface area contributed by atoms with Crippen LogP contribution in [0, 0.1) is 0 Å². The molecule has 0 spiro atoms. The first-order valence-corrected chi connectivity index (χ1v) is 7.82. The van der Waals surface area contributed by atoms with Crippen LogP contribution >= 0.6 is 23.2 Å². The summed E-state index contributed by atoms with van der Waals surface area (Å²) >= 11 is 11.7. The van der Waals surface area contributed by atoms with Crippen LogP contribution in [0.5, 0.6) is 0 Å². The summed E-state index contributed by atoms with van der Waals surface area (Å²) in [6.45, 7) is 0.376. The monoisotopic (exact) mass is 334 g/mol. The molecule has 1 heterocycles. The number of benzene rings is 1. The minimum Gasteiger partial charge on any atom is -0.316 e. The average molecular weight is 335 g/mol. The maximum atomic E-state index is 12.3. The van der Waals surface area contributed by atoms with Gasteiger partial charge in [-0.1, -0.05) is 23.2 Å². The van der Waals surface area contributed by atoms with Crippen molar-refractivity contribution in [1.82, 2.24) is 15.5 Å². The molecule has 0 fully saturated rings. The molecule has 0 amide bonds. The SMILES string of the molecule is CNCc1cn[nH]c1S(=O)(=O)Nc1ccc(Cl)cc1Cl. The highest BCUT2D eigenvalue weighted by Gasteiger charge is 2.21. The number of aromatic amines is 1. The molecule has 0 aliphatic rings. The van der Waals surface area contributed by atoms with Crippen LogP contribution in [0.3, 0.4) is 0 Å². The Kier molecular flexibility index (Phi) is 4.54. The number of sulfonamides is 1. The molecule has 6 nitrogen and oxygen atoms in total. The van der Waals surface area contributed by atoms with Gasteiger partial charge in [-0.2, -0.15) is 13.5 Å². The van der Waals surface area contributed by atoms with Gasteiger partial charge in [0.15, 0.2) is 5.03 Å². The predicted octanol–water partition coefficient (Wildman–Crippen LogP) is 2.24. The number of hydrogen-bond donors (Lipinski definition) is 3. The van der Waals surface area contributed by atoms with Crippen LogP contribution in [0.15, 0.2) is 29.4 Å². The van der Waals surface area contributed by atoms with Crippen LogP contribution in [-0.2, 0) is 16.6 Å². The number of nitrogens with zero attached hydrogens (tertiary/aromatic N) is 1. The average Bonchev–Trinajstić information content (AvgIpc) is 2.82. The van der Waals surface area contributed by atoms with Crippen molar-refractivity contribution in [2.45, 2.75) is 11.6 Å². The lowest BCUT2D eigenvalue weighted by Crippen LogP contribution is -2.17. The van der Waals surface area contributed by atoms with E-state index in [1.165, 1.54) is 18.3 Å². The molecule has 0 saturated heterocycles. The van der Waals surface area contributed by atoms with Crippen molar-refractivity contribution in [2.75, 3.05) is 11.8 Å². The highest BCUT2D eigenvalue weighted by molar-refractivity contribution is 7.92. The number of nitrogens with one attached hydrogen (secondary N) is 3. The molecule has 2 aromatic rings. The van der Waals surface area contributed by atoms with Crippen molar-refractivity contribution in [3.05, 3.63) is 40.0 Å². The van der Waals surface area contributed by atoms with Crippen molar-refractivity contribution in [3.63, 3.8) is 0 Å². The largest absolute Gasteiger partial charge is 0.316 e. The number of aromatic nitrogens is 2. The molecule has 0 atom stereocenters. The first-order chi connectivity index (χ1) is 9.44. The maximum Gasteiger partial charge on any atom is 0.279 e. The summed E-state index contributed by atoms with van der Waals surface area (Å²) in [6.07, 6.45) is 1.45. The Hall–Kier alpha value is -1.28. The molecule has 9 heteroatoms. The smallest absolute Gasteiger partial charge is 0.279 e. The molecule has 2 rings (SSSR count). The van der Waals surface area contributed by atoms with Crippen molar-refractivity contribution < 1.29 is 8.42 Å². The Morgan fingerprint density at radius 3 is 2.75 bits per heavy atom. The summed E-state index contributed by atoms with van der Waals surface area (Å²) in [7, 11) is -2.08. The van der Waals surface area contributed by atoms with E-state index in [0.717, 1.165) is 0 Å². The summed E-state index contributed by atoms with van der Waals surface area (Å²) in [6, 6.07) is 4.51. The molecule has 0 aliphatic heterocycles. The molecule has 0 aliphatic carbocycles. The summed E-state index contributed by atoms with van der Waals surface area (Å²) in [5.74, 6) is 0. The van der Waals surface area contributed by atoms with Crippen LogP contribution in [0.1, 0.15) is 5.56 Å². The zero-order chi connectivity index (χ0) is 14.8. The molecule has 3 N–H and O–H groups in total. The summed E-state index contributed by atoms with van der Waals surface area (Å²) in [4.78, 5) is 0. The highest BCUT2D eigenvalue weighted by Crippen LogP contribution is 2.27. The highest BCUT2D eigenvalue weighted by atomic mass is 35.5. The summed E-state index contributed by atoms with van der Waals surface area (Å²) < 4.78 is 27.0. The minimum atomic E-state index is -3.79. The van der Waals surface area contributed by atoms with E-state index < -0.39 is 10.0 Å². The Labute approximate surface area is 126 Å². The lowest BCUT2D eigenvalue weighted by Gasteiger charge is -2.09. The van der Waals surface area contributed by atoms with Gasteiger partial charge in [-0.15, -0.1) is 0 Å². The quantitative estimate of drug-likeness (QED) is 0.782. The zero-order valence-corrected chi connectivity index (χ0v) is 12.8. The van der Waals surface area contributed by atoms with Gasteiger partial charge in [0.25, 0.3) is 10.0 Å². The fraction of sp³-hybridized carbons (Fsp3) is 0.182. The van der Waals surface area contributed by atoms with E-state index in [0.29, 0.717) is 17.1 Å². The molecule has 20 heavy (non-hydrogen) atoms. The Morgan fingerprint density at radius 2 is 2.10 bits per heavy atom. The van der Waals surface area contributed by atoms with Crippen LogP contribution in [-0.4, -0.2) is 25.7 Å². The van der Waals surface area contributed by atoms with Gasteiger partial charge in [-0.05, 0) is 25.2 Å². The van der Waals surface area contributed by atoms with Gasteiger partial charge in [0.1, 0.15) is 0 Å². The van der Waals surface area contributed by atoms with Crippen LogP contribution in [0.4, 0.5) is 5.69 Å². The molecule has 0 saturated carbocycles.